The van der Waals surface area contributed by atoms with Crippen molar-refractivity contribution in [2.24, 2.45) is 0 Å². The fourth-order valence-corrected chi connectivity index (χ4v) is 1.59. The highest BCUT2D eigenvalue weighted by Crippen LogP contribution is 2.12. The molecule has 0 N–H and O–H groups in total. The van der Waals surface area contributed by atoms with Gasteiger partial charge < -0.3 is 9.14 Å². The highest BCUT2D eigenvalue weighted by molar-refractivity contribution is 5.90. The molecule has 2 aromatic rings. The van der Waals surface area contributed by atoms with Gasteiger partial charge >= 0.3 is 5.97 Å². The summed E-state index contributed by atoms with van der Waals surface area (Å²) in [5.41, 5.74) is 2.79. The van der Waals surface area contributed by atoms with E-state index < -0.39 is 0 Å². The number of rotatable bonds is 2. The maximum absolute atomic E-state index is 11.5. The largest absolute Gasteiger partial charge is 0.462 e. The third-order valence-electron chi connectivity index (χ3n) is 2.25. The van der Waals surface area contributed by atoms with Crippen LogP contribution < -0.4 is 0 Å². The van der Waals surface area contributed by atoms with Gasteiger partial charge in [0.2, 0.25) is 0 Å². The third-order valence-corrected chi connectivity index (χ3v) is 2.25. The first-order valence-electron chi connectivity index (χ1n) is 4.96. The predicted molar refractivity (Wildman–Crippen MR) is 58.1 cm³/mol. The highest BCUT2D eigenvalue weighted by atomic mass is 16.5. The summed E-state index contributed by atoms with van der Waals surface area (Å²) in [6.07, 6.45) is 3.89. The number of nitrogens with zero attached hydrogens (tertiary/aromatic N) is 1. The summed E-state index contributed by atoms with van der Waals surface area (Å²) in [6, 6.07) is 5.64. The van der Waals surface area contributed by atoms with Crippen LogP contribution in [0.5, 0.6) is 0 Å². The minimum atomic E-state index is -0.265. The monoisotopic (exact) mass is 203 g/mol. The molecule has 3 nitrogen and oxygen atoms in total. The van der Waals surface area contributed by atoms with Crippen molar-refractivity contribution in [2.45, 2.75) is 13.8 Å². The highest BCUT2D eigenvalue weighted by Gasteiger charge is 2.06. The summed E-state index contributed by atoms with van der Waals surface area (Å²) >= 11 is 0. The molecule has 78 valence electrons. The molecule has 0 fully saturated rings. The molecular weight excluding hydrogens is 190 g/mol. The summed E-state index contributed by atoms with van der Waals surface area (Å²) in [5, 5.41) is 0. The van der Waals surface area contributed by atoms with Crippen LogP contribution in [0.2, 0.25) is 0 Å². The number of hydrogen-bond acceptors (Lipinski definition) is 2. The van der Waals surface area contributed by atoms with Gasteiger partial charge in [-0.2, -0.15) is 0 Å². The molecule has 0 aliphatic rings. The normalized spacial score (nSPS) is 10.5. The van der Waals surface area contributed by atoms with Gasteiger partial charge in [-0.25, -0.2) is 4.79 Å². The Morgan fingerprint density at radius 3 is 3.00 bits per heavy atom. The van der Waals surface area contributed by atoms with Crippen molar-refractivity contribution in [1.29, 1.82) is 0 Å². The van der Waals surface area contributed by atoms with E-state index in [1.54, 1.807) is 13.0 Å². The molecule has 0 aliphatic carbocycles. The van der Waals surface area contributed by atoms with E-state index in [0.717, 1.165) is 5.52 Å². The molecule has 0 bridgehead atoms. The van der Waals surface area contributed by atoms with E-state index in [1.165, 1.54) is 5.56 Å². The van der Waals surface area contributed by atoms with Crippen LogP contribution in [0, 0.1) is 6.92 Å². The van der Waals surface area contributed by atoms with Gasteiger partial charge in [-0.1, -0.05) is 0 Å². The molecular formula is C12H13NO2. The van der Waals surface area contributed by atoms with Gasteiger partial charge in [0.1, 0.15) is 0 Å². The number of esters is 1. The molecule has 0 spiro atoms. The minimum absolute atomic E-state index is 0.265. The maximum atomic E-state index is 11.5. The first-order valence-corrected chi connectivity index (χ1v) is 4.96. The zero-order valence-corrected chi connectivity index (χ0v) is 8.86. The van der Waals surface area contributed by atoms with Crippen molar-refractivity contribution in [3.05, 3.63) is 41.7 Å². The molecule has 0 saturated carbocycles. The number of aryl methyl sites for hydroxylation is 1. The number of carbonyl (C=O) groups excluding carboxylic acids is 1. The molecule has 0 aliphatic heterocycles. The minimum Gasteiger partial charge on any atom is -0.462 e. The Morgan fingerprint density at radius 2 is 2.27 bits per heavy atom. The topological polar surface area (TPSA) is 30.7 Å². The van der Waals surface area contributed by atoms with Crippen molar-refractivity contribution in [2.75, 3.05) is 6.61 Å². The second kappa shape index (κ2) is 3.77. The fraction of sp³-hybridized carbons (Fsp3) is 0.250. The van der Waals surface area contributed by atoms with Crippen LogP contribution in [0.3, 0.4) is 0 Å². The van der Waals surface area contributed by atoms with Gasteiger partial charge in [0.25, 0.3) is 0 Å². The van der Waals surface area contributed by atoms with Crippen LogP contribution in [0.25, 0.3) is 5.52 Å². The van der Waals surface area contributed by atoms with Gasteiger partial charge in [-0.3, -0.25) is 0 Å². The van der Waals surface area contributed by atoms with E-state index >= 15 is 0 Å². The smallest absolute Gasteiger partial charge is 0.338 e. The molecule has 15 heavy (non-hydrogen) atoms. The van der Waals surface area contributed by atoms with Crippen molar-refractivity contribution in [3.8, 4) is 0 Å². The van der Waals surface area contributed by atoms with Crippen molar-refractivity contribution in [3.63, 3.8) is 0 Å². The standard InChI is InChI=1S/C12H13NO2/c1-3-15-12(14)10-4-5-13-8-9(2)6-11(13)7-10/h4-8H,3H2,1-2H3. The van der Waals surface area contributed by atoms with Crippen LogP contribution in [-0.4, -0.2) is 17.0 Å². The van der Waals surface area contributed by atoms with E-state index in [4.69, 9.17) is 4.74 Å². The average molecular weight is 203 g/mol. The van der Waals surface area contributed by atoms with Crippen LogP contribution in [0.1, 0.15) is 22.8 Å². The second-order valence-corrected chi connectivity index (χ2v) is 3.49. The van der Waals surface area contributed by atoms with Gasteiger partial charge in [-0.15, -0.1) is 0 Å². The van der Waals surface area contributed by atoms with E-state index in [2.05, 4.69) is 0 Å². The lowest BCUT2D eigenvalue weighted by atomic mass is 10.2. The molecule has 0 radical (unpaired) electrons. The van der Waals surface area contributed by atoms with Crippen molar-refractivity contribution < 1.29 is 9.53 Å². The Balaban J connectivity index is 2.41. The number of hydrogen-bond donors (Lipinski definition) is 0. The Kier molecular flexibility index (Phi) is 2.46. The van der Waals surface area contributed by atoms with E-state index in [9.17, 15) is 4.79 Å². The Labute approximate surface area is 88.3 Å². The number of ether oxygens (including phenoxy) is 1. The van der Waals surface area contributed by atoms with Crippen LogP contribution in [-0.2, 0) is 4.74 Å². The summed E-state index contributed by atoms with van der Waals surface area (Å²) in [7, 11) is 0. The van der Waals surface area contributed by atoms with E-state index in [-0.39, 0.29) is 5.97 Å². The maximum Gasteiger partial charge on any atom is 0.338 e. The first-order chi connectivity index (χ1) is 7.20. The zero-order valence-electron chi connectivity index (χ0n) is 8.86. The molecule has 2 heterocycles. The van der Waals surface area contributed by atoms with Gasteiger partial charge in [-0.05, 0) is 37.6 Å². The summed E-state index contributed by atoms with van der Waals surface area (Å²) in [5.74, 6) is -0.265. The summed E-state index contributed by atoms with van der Waals surface area (Å²) in [4.78, 5) is 11.5. The fourth-order valence-electron chi connectivity index (χ4n) is 1.59. The average Bonchev–Trinajstić information content (AvgIpc) is 2.57. The summed E-state index contributed by atoms with van der Waals surface area (Å²) in [6.45, 7) is 4.24. The summed E-state index contributed by atoms with van der Waals surface area (Å²) < 4.78 is 6.92. The second-order valence-electron chi connectivity index (χ2n) is 3.49. The molecule has 2 aromatic heterocycles. The Hall–Kier alpha value is -1.77. The molecule has 2 rings (SSSR count). The SMILES string of the molecule is CCOC(=O)c1ccn2cc(C)cc2c1. The van der Waals surface area contributed by atoms with E-state index in [0.29, 0.717) is 12.2 Å². The van der Waals surface area contributed by atoms with Gasteiger partial charge in [0.15, 0.2) is 0 Å². The molecule has 0 aromatic carbocycles. The van der Waals surface area contributed by atoms with E-state index in [1.807, 2.05) is 35.9 Å². The lowest BCUT2D eigenvalue weighted by molar-refractivity contribution is 0.0526. The molecule has 0 atom stereocenters. The van der Waals surface area contributed by atoms with Crippen molar-refractivity contribution in [1.82, 2.24) is 4.40 Å². The van der Waals surface area contributed by atoms with Gasteiger partial charge in [0, 0.05) is 17.9 Å². The number of carbonyl (C=O) groups is 1. The zero-order chi connectivity index (χ0) is 10.8. The Bertz CT molecular complexity index is 499. The quantitative estimate of drug-likeness (QED) is 0.702. The van der Waals surface area contributed by atoms with Crippen LogP contribution in [0.4, 0.5) is 0 Å². The molecule has 0 saturated heterocycles. The lowest BCUT2D eigenvalue weighted by Gasteiger charge is -2.02. The van der Waals surface area contributed by atoms with Crippen molar-refractivity contribution >= 4 is 11.5 Å². The molecule has 3 heteroatoms. The predicted octanol–water partition coefficient (Wildman–Crippen LogP) is 2.42. The lowest BCUT2D eigenvalue weighted by Crippen LogP contribution is -2.04. The van der Waals surface area contributed by atoms with Crippen LogP contribution in [0.15, 0.2) is 30.6 Å². The Morgan fingerprint density at radius 1 is 1.47 bits per heavy atom. The first kappa shape index (κ1) is 9.77. The number of aromatic nitrogens is 1. The molecule has 0 amide bonds. The van der Waals surface area contributed by atoms with Gasteiger partial charge in [0.05, 0.1) is 12.2 Å². The number of pyridine rings is 1. The number of fused-ring (bicyclic) bond motifs is 1. The third kappa shape index (κ3) is 1.86. The van der Waals surface area contributed by atoms with Crippen LogP contribution >= 0.6 is 0 Å². The molecule has 0 unspecified atom stereocenters.